The van der Waals surface area contributed by atoms with E-state index in [1.54, 1.807) is 41.5 Å². The van der Waals surface area contributed by atoms with E-state index >= 15 is 0 Å². The summed E-state index contributed by atoms with van der Waals surface area (Å²) in [5, 5.41) is 3.40. The first-order chi connectivity index (χ1) is 25.0. The van der Waals surface area contributed by atoms with Crippen LogP contribution in [0.5, 0.6) is 0 Å². The second-order valence-electron chi connectivity index (χ2n) is 12.1. The maximum atomic E-state index is 13.8. The van der Waals surface area contributed by atoms with Crippen LogP contribution in [0.4, 0.5) is 4.79 Å². The Labute approximate surface area is 314 Å². The van der Waals surface area contributed by atoms with Crippen LogP contribution in [0.25, 0.3) is 11.0 Å². The average Bonchev–Trinajstić information content (AvgIpc) is 3.58. The molecule has 0 bridgehead atoms. The zero-order valence-corrected chi connectivity index (χ0v) is 31.2. The number of benzene rings is 3. The molecule has 1 aromatic heterocycles. The number of sulfone groups is 1. The number of carbonyl (C=O) groups is 5. The number of rotatable bonds is 11. The van der Waals surface area contributed by atoms with Crippen molar-refractivity contribution in [2.24, 2.45) is 0 Å². The molecule has 0 saturated carbocycles. The summed E-state index contributed by atoms with van der Waals surface area (Å²) in [6.45, 7) is 2.89. The minimum atomic E-state index is -3.62. The SMILES string of the molecule is COC(=O)C(C)OC(=O)OC(C)OC(=O)C(Cc1cccc(S(C)(=O)=O)c1)NC(=O)c1c(Cl)cc2c(c1Cl)CCN(C(=O)c1ccc3ccoc3c1)C2. The molecule has 0 spiro atoms. The van der Waals surface area contributed by atoms with E-state index < -0.39 is 52.3 Å². The number of methoxy groups -OCH3 is 1. The largest absolute Gasteiger partial charge is 0.512 e. The van der Waals surface area contributed by atoms with Gasteiger partial charge in [-0.05, 0) is 66.4 Å². The van der Waals surface area contributed by atoms with Crippen molar-refractivity contribution in [3.05, 3.63) is 98.7 Å². The van der Waals surface area contributed by atoms with E-state index in [-0.39, 0.29) is 45.9 Å². The van der Waals surface area contributed by atoms with Crippen LogP contribution < -0.4 is 5.32 Å². The molecular weight excluding hydrogens is 755 g/mol. The second kappa shape index (κ2) is 16.3. The van der Waals surface area contributed by atoms with Crippen molar-refractivity contribution in [3.63, 3.8) is 0 Å². The predicted molar refractivity (Wildman–Crippen MR) is 190 cm³/mol. The van der Waals surface area contributed by atoms with E-state index in [2.05, 4.69) is 10.1 Å². The van der Waals surface area contributed by atoms with Gasteiger partial charge in [-0.1, -0.05) is 41.4 Å². The molecule has 53 heavy (non-hydrogen) atoms. The van der Waals surface area contributed by atoms with Gasteiger partial charge in [-0.15, -0.1) is 0 Å². The summed E-state index contributed by atoms with van der Waals surface area (Å²) in [7, 11) is -2.52. The molecule has 1 aliphatic rings. The molecule has 2 heterocycles. The summed E-state index contributed by atoms with van der Waals surface area (Å²) in [5.74, 6) is -3.00. The fourth-order valence-corrected chi connectivity index (χ4v) is 7.11. The van der Waals surface area contributed by atoms with Gasteiger partial charge in [0, 0.05) is 43.6 Å². The first kappa shape index (κ1) is 39.1. The van der Waals surface area contributed by atoms with Gasteiger partial charge in [0.2, 0.25) is 6.29 Å². The lowest BCUT2D eigenvalue weighted by Crippen LogP contribution is -2.45. The molecule has 5 rings (SSSR count). The molecule has 4 aromatic rings. The number of ether oxygens (including phenoxy) is 4. The van der Waals surface area contributed by atoms with Crippen molar-refractivity contribution < 1.29 is 55.8 Å². The van der Waals surface area contributed by atoms with Gasteiger partial charge >= 0.3 is 18.1 Å². The maximum absolute atomic E-state index is 13.8. The van der Waals surface area contributed by atoms with Gasteiger partial charge in [-0.3, -0.25) is 9.59 Å². The first-order valence-electron chi connectivity index (χ1n) is 16.1. The Morgan fingerprint density at radius 3 is 2.43 bits per heavy atom. The van der Waals surface area contributed by atoms with Crippen LogP contribution in [-0.4, -0.2) is 81.6 Å². The number of hydrogen-bond acceptors (Lipinski definition) is 12. The summed E-state index contributed by atoms with van der Waals surface area (Å²) < 4.78 is 49.3. The Kier molecular flexibility index (Phi) is 12.0. The highest BCUT2D eigenvalue weighted by molar-refractivity contribution is 7.90. The highest BCUT2D eigenvalue weighted by atomic mass is 35.5. The third-order valence-electron chi connectivity index (χ3n) is 8.33. The van der Waals surface area contributed by atoms with Gasteiger partial charge < -0.3 is 33.6 Å². The predicted octanol–water partition coefficient (Wildman–Crippen LogP) is 5.29. The number of halogens is 2. The number of hydrogen-bond donors (Lipinski definition) is 1. The number of amides is 2. The Bertz CT molecular complexity index is 2200. The smallest absolute Gasteiger partial charge is 0.466 e. The fraction of sp³-hybridized carbons (Fsp3) is 0.306. The van der Waals surface area contributed by atoms with Crippen molar-refractivity contribution in [1.82, 2.24) is 10.2 Å². The van der Waals surface area contributed by atoms with Crippen molar-refractivity contribution >= 4 is 73.9 Å². The minimum Gasteiger partial charge on any atom is -0.466 e. The molecule has 1 aliphatic heterocycles. The summed E-state index contributed by atoms with van der Waals surface area (Å²) in [5.41, 5.74) is 2.44. The van der Waals surface area contributed by atoms with E-state index in [9.17, 15) is 32.4 Å². The summed E-state index contributed by atoms with van der Waals surface area (Å²) in [6, 6.07) is 12.8. The average molecular weight is 790 g/mol. The molecule has 14 nitrogen and oxygen atoms in total. The monoisotopic (exact) mass is 788 g/mol. The minimum absolute atomic E-state index is 0.0255. The summed E-state index contributed by atoms with van der Waals surface area (Å²) >= 11 is 13.4. The first-order valence-corrected chi connectivity index (χ1v) is 18.7. The lowest BCUT2D eigenvalue weighted by atomic mass is 9.95. The number of esters is 2. The molecule has 0 aliphatic carbocycles. The van der Waals surface area contributed by atoms with E-state index in [4.69, 9.17) is 41.8 Å². The molecule has 1 N–H and O–H groups in total. The Balaban J connectivity index is 1.35. The second-order valence-corrected chi connectivity index (χ2v) is 14.9. The van der Waals surface area contributed by atoms with Crippen molar-refractivity contribution in [1.29, 1.82) is 0 Å². The highest BCUT2D eigenvalue weighted by Crippen LogP contribution is 2.35. The molecule has 3 aromatic carbocycles. The molecule has 0 radical (unpaired) electrons. The van der Waals surface area contributed by atoms with E-state index in [0.717, 1.165) is 18.8 Å². The van der Waals surface area contributed by atoms with Gasteiger partial charge in [0.25, 0.3) is 11.8 Å². The molecule has 2 amide bonds. The van der Waals surface area contributed by atoms with E-state index in [0.29, 0.717) is 34.3 Å². The van der Waals surface area contributed by atoms with Crippen LogP contribution in [0.2, 0.25) is 10.0 Å². The molecular formula is C36H34Cl2N2O12S. The van der Waals surface area contributed by atoms with Crippen LogP contribution in [-0.2, 0) is 57.8 Å². The Morgan fingerprint density at radius 2 is 1.72 bits per heavy atom. The Hall–Kier alpha value is -5.12. The molecule has 280 valence electrons. The molecule has 0 saturated heterocycles. The molecule has 3 unspecified atom stereocenters. The normalized spacial score (nSPS) is 14.3. The molecule has 17 heteroatoms. The van der Waals surface area contributed by atoms with Crippen molar-refractivity contribution in [2.75, 3.05) is 19.9 Å². The van der Waals surface area contributed by atoms with Crippen molar-refractivity contribution in [2.45, 2.75) is 56.6 Å². The fourth-order valence-electron chi connectivity index (χ4n) is 5.66. The Morgan fingerprint density at radius 1 is 0.962 bits per heavy atom. The zero-order valence-electron chi connectivity index (χ0n) is 28.8. The quantitative estimate of drug-likeness (QED) is 0.118. The topological polar surface area (TPSA) is 185 Å². The number of nitrogens with zero attached hydrogens (tertiary/aromatic N) is 1. The highest BCUT2D eigenvalue weighted by Gasteiger charge is 2.32. The molecule has 3 atom stereocenters. The van der Waals surface area contributed by atoms with Crippen LogP contribution in [0.3, 0.4) is 0 Å². The standard InChI is InChI=1S/C36H34Cl2N2O12S/c1-19(34(43)48-3)50-36(45)52-20(2)51-35(44)28(15-21-6-5-7-25(14-21)53(4,46)47)39-32(41)30-27(37)16-24-18-40(12-10-26(24)31(30)38)33(42)23-9-8-22-11-13-49-29(22)17-23/h5-9,11,13-14,16-17,19-20,28H,10,12,15,18H2,1-4H3,(H,39,41). The van der Waals surface area contributed by atoms with Crippen LogP contribution in [0.1, 0.15) is 51.3 Å². The number of carbonyl (C=O) groups excluding carboxylic acids is 5. The van der Waals surface area contributed by atoms with Gasteiger partial charge in [0.05, 0.1) is 33.9 Å². The summed E-state index contributed by atoms with van der Waals surface area (Å²) in [6.07, 6.45) is -1.60. The van der Waals surface area contributed by atoms with Crippen LogP contribution in [0.15, 0.2) is 70.2 Å². The van der Waals surface area contributed by atoms with E-state index in [1.165, 1.54) is 38.1 Å². The van der Waals surface area contributed by atoms with Gasteiger partial charge in [0.1, 0.15) is 11.6 Å². The van der Waals surface area contributed by atoms with Gasteiger partial charge in [-0.25, -0.2) is 22.8 Å². The van der Waals surface area contributed by atoms with Gasteiger partial charge in [0.15, 0.2) is 15.9 Å². The maximum Gasteiger partial charge on any atom is 0.512 e. The van der Waals surface area contributed by atoms with Crippen LogP contribution >= 0.6 is 23.2 Å². The van der Waals surface area contributed by atoms with Gasteiger partial charge in [-0.2, -0.15) is 0 Å². The number of furan rings is 1. The van der Waals surface area contributed by atoms with Crippen molar-refractivity contribution in [3.8, 4) is 0 Å². The van der Waals surface area contributed by atoms with Crippen LogP contribution in [0, 0.1) is 0 Å². The summed E-state index contributed by atoms with van der Waals surface area (Å²) in [4.78, 5) is 66.0. The molecule has 0 fully saturated rings. The lowest BCUT2D eigenvalue weighted by Gasteiger charge is -2.30. The third-order valence-corrected chi connectivity index (χ3v) is 10.2. The zero-order chi connectivity index (χ0) is 38.6. The number of nitrogens with one attached hydrogen (secondary N) is 1. The third kappa shape index (κ3) is 9.28. The lowest BCUT2D eigenvalue weighted by molar-refractivity contribution is -0.173. The van der Waals surface area contributed by atoms with E-state index in [1.807, 2.05) is 0 Å². The number of fused-ring (bicyclic) bond motifs is 2.